The molecule has 2 aromatic carbocycles. The van der Waals surface area contributed by atoms with Crippen LogP contribution in [0.1, 0.15) is 23.5 Å². The quantitative estimate of drug-likeness (QED) is 0.750. The number of aliphatic hydroxyl groups excluding tert-OH is 1. The predicted octanol–water partition coefficient (Wildman–Crippen LogP) is 4.23. The van der Waals surface area contributed by atoms with Crippen LogP contribution < -0.4 is 4.74 Å². The Bertz CT molecular complexity index is 809. The molecule has 24 heavy (non-hydrogen) atoms. The van der Waals surface area contributed by atoms with Crippen molar-refractivity contribution in [3.05, 3.63) is 71.3 Å². The van der Waals surface area contributed by atoms with Crippen LogP contribution in [0.4, 0.5) is 4.39 Å². The number of ether oxygens (including phenoxy) is 1. The Morgan fingerprint density at radius 1 is 1.17 bits per heavy atom. The number of benzene rings is 2. The van der Waals surface area contributed by atoms with E-state index >= 15 is 0 Å². The first-order valence-corrected chi connectivity index (χ1v) is 7.62. The van der Waals surface area contributed by atoms with E-state index in [1.54, 1.807) is 49.4 Å². The van der Waals surface area contributed by atoms with Crippen molar-refractivity contribution in [2.75, 3.05) is 0 Å². The summed E-state index contributed by atoms with van der Waals surface area (Å²) >= 11 is 5.84. The lowest BCUT2D eigenvalue weighted by atomic mass is 10.0. The number of aryl methyl sites for hydroxylation is 1. The molecule has 2 atom stereocenters. The average Bonchev–Trinajstić information content (AvgIpc) is 3.10. The minimum Gasteiger partial charge on any atom is -0.457 e. The van der Waals surface area contributed by atoms with E-state index in [4.69, 9.17) is 16.3 Å². The van der Waals surface area contributed by atoms with Gasteiger partial charge < -0.3 is 9.84 Å². The van der Waals surface area contributed by atoms with Gasteiger partial charge in [0.25, 0.3) is 0 Å². The van der Waals surface area contributed by atoms with Crippen LogP contribution in [0.3, 0.4) is 0 Å². The standard InChI is InChI=1S/C17H15ClFN3O2/c1-11-8-14(24-13-4-2-12(18)3-5-13)6-7-15(11)16(23)17(19)22-10-20-9-21-22/h2-10,16-17,23H,1H3. The van der Waals surface area contributed by atoms with Crippen LogP contribution in [0.5, 0.6) is 11.5 Å². The van der Waals surface area contributed by atoms with Gasteiger partial charge >= 0.3 is 0 Å². The smallest absolute Gasteiger partial charge is 0.223 e. The summed E-state index contributed by atoms with van der Waals surface area (Å²) < 4.78 is 21.0. The number of aliphatic hydroxyl groups is 1. The number of nitrogens with zero attached hydrogens (tertiary/aromatic N) is 3. The van der Waals surface area contributed by atoms with Gasteiger partial charge in [0.05, 0.1) is 0 Å². The molecular formula is C17H15ClFN3O2. The lowest BCUT2D eigenvalue weighted by Gasteiger charge is -2.18. The maximum atomic E-state index is 14.3. The van der Waals surface area contributed by atoms with E-state index in [0.717, 1.165) is 4.68 Å². The second-order valence-corrected chi connectivity index (χ2v) is 5.70. The van der Waals surface area contributed by atoms with Crippen molar-refractivity contribution >= 4 is 11.6 Å². The van der Waals surface area contributed by atoms with Gasteiger partial charge in [-0.05, 0) is 54.4 Å². The maximum absolute atomic E-state index is 14.3. The summed E-state index contributed by atoms with van der Waals surface area (Å²) in [6.07, 6.45) is -0.623. The highest BCUT2D eigenvalue weighted by Crippen LogP contribution is 2.32. The largest absolute Gasteiger partial charge is 0.457 e. The van der Waals surface area contributed by atoms with E-state index in [9.17, 15) is 9.50 Å². The zero-order valence-electron chi connectivity index (χ0n) is 12.8. The van der Waals surface area contributed by atoms with Gasteiger partial charge in [0, 0.05) is 5.02 Å². The molecule has 0 amide bonds. The van der Waals surface area contributed by atoms with Crippen LogP contribution in [-0.4, -0.2) is 19.9 Å². The lowest BCUT2D eigenvalue weighted by Crippen LogP contribution is -2.15. The molecule has 0 saturated heterocycles. The van der Waals surface area contributed by atoms with Crippen molar-refractivity contribution in [1.82, 2.24) is 14.8 Å². The van der Waals surface area contributed by atoms with Gasteiger partial charge in [0.2, 0.25) is 6.30 Å². The Hall–Kier alpha value is -2.44. The minimum absolute atomic E-state index is 0.460. The Kier molecular flexibility index (Phi) is 4.78. The summed E-state index contributed by atoms with van der Waals surface area (Å²) in [5.41, 5.74) is 1.16. The number of hydrogen-bond acceptors (Lipinski definition) is 4. The molecule has 2 unspecified atom stereocenters. The molecule has 5 nitrogen and oxygen atoms in total. The van der Waals surface area contributed by atoms with Crippen molar-refractivity contribution in [1.29, 1.82) is 0 Å². The first kappa shape index (κ1) is 16.4. The summed E-state index contributed by atoms with van der Waals surface area (Å²) in [5, 5.41) is 14.6. The molecule has 3 aromatic rings. The first-order chi connectivity index (χ1) is 11.5. The van der Waals surface area contributed by atoms with Crippen LogP contribution in [0.25, 0.3) is 0 Å². The van der Waals surface area contributed by atoms with E-state index in [1.165, 1.54) is 12.7 Å². The molecule has 0 fully saturated rings. The van der Waals surface area contributed by atoms with E-state index in [-0.39, 0.29) is 0 Å². The number of halogens is 2. The van der Waals surface area contributed by atoms with Gasteiger partial charge in [-0.25, -0.2) is 14.1 Å². The Morgan fingerprint density at radius 3 is 2.50 bits per heavy atom. The topological polar surface area (TPSA) is 60.2 Å². The number of hydrogen-bond donors (Lipinski definition) is 1. The fraction of sp³-hybridized carbons (Fsp3) is 0.176. The van der Waals surface area contributed by atoms with Crippen LogP contribution in [-0.2, 0) is 0 Å². The highest BCUT2D eigenvalue weighted by Gasteiger charge is 2.24. The van der Waals surface area contributed by atoms with Gasteiger partial charge in [-0.3, -0.25) is 0 Å². The molecular weight excluding hydrogens is 333 g/mol. The van der Waals surface area contributed by atoms with E-state index in [0.29, 0.717) is 27.6 Å². The summed E-state index contributed by atoms with van der Waals surface area (Å²) in [4.78, 5) is 3.68. The third-order valence-corrected chi connectivity index (χ3v) is 3.81. The Morgan fingerprint density at radius 2 is 1.88 bits per heavy atom. The minimum atomic E-state index is -1.71. The van der Waals surface area contributed by atoms with E-state index in [1.807, 2.05) is 0 Å². The molecule has 1 aromatic heterocycles. The van der Waals surface area contributed by atoms with Crippen molar-refractivity contribution in [3.63, 3.8) is 0 Å². The fourth-order valence-electron chi connectivity index (χ4n) is 2.32. The zero-order chi connectivity index (χ0) is 17.1. The normalized spacial score (nSPS) is 13.5. The second-order valence-electron chi connectivity index (χ2n) is 5.27. The second kappa shape index (κ2) is 6.98. The van der Waals surface area contributed by atoms with Gasteiger partial charge in [-0.2, -0.15) is 5.10 Å². The third kappa shape index (κ3) is 3.55. The monoisotopic (exact) mass is 347 g/mol. The molecule has 0 aliphatic carbocycles. The Balaban J connectivity index is 1.78. The molecule has 0 saturated carbocycles. The highest BCUT2D eigenvalue weighted by molar-refractivity contribution is 6.30. The van der Waals surface area contributed by atoms with Crippen molar-refractivity contribution in [3.8, 4) is 11.5 Å². The van der Waals surface area contributed by atoms with Crippen LogP contribution >= 0.6 is 11.6 Å². The summed E-state index contributed by atoms with van der Waals surface area (Å²) in [6, 6.07) is 12.0. The average molecular weight is 348 g/mol. The molecule has 1 heterocycles. The molecule has 0 bridgehead atoms. The Labute approximate surface area is 143 Å². The molecule has 3 rings (SSSR count). The first-order valence-electron chi connectivity index (χ1n) is 7.25. The predicted molar refractivity (Wildman–Crippen MR) is 87.8 cm³/mol. The van der Waals surface area contributed by atoms with Gasteiger partial charge in [0.15, 0.2) is 0 Å². The summed E-state index contributed by atoms with van der Waals surface area (Å²) in [5.74, 6) is 1.22. The molecule has 124 valence electrons. The van der Waals surface area contributed by atoms with Gasteiger partial charge in [-0.1, -0.05) is 17.7 Å². The molecule has 0 radical (unpaired) electrons. The summed E-state index contributed by atoms with van der Waals surface area (Å²) in [6.45, 7) is 1.78. The molecule has 7 heteroatoms. The molecule has 1 N–H and O–H groups in total. The highest BCUT2D eigenvalue weighted by atomic mass is 35.5. The maximum Gasteiger partial charge on any atom is 0.223 e. The molecule has 0 aliphatic rings. The number of alkyl halides is 1. The summed E-state index contributed by atoms with van der Waals surface area (Å²) in [7, 11) is 0. The zero-order valence-corrected chi connectivity index (χ0v) is 13.6. The number of aromatic nitrogens is 3. The van der Waals surface area contributed by atoms with Crippen molar-refractivity contribution in [2.45, 2.75) is 19.3 Å². The van der Waals surface area contributed by atoms with Gasteiger partial charge in [-0.15, -0.1) is 0 Å². The van der Waals surface area contributed by atoms with Crippen molar-refractivity contribution < 1.29 is 14.2 Å². The van der Waals surface area contributed by atoms with Crippen LogP contribution in [0, 0.1) is 6.92 Å². The van der Waals surface area contributed by atoms with Crippen LogP contribution in [0.15, 0.2) is 55.1 Å². The van der Waals surface area contributed by atoms with E-state index in [2.05, 4.69) is 10.1 Å². The van der Waals surface area contributed by atoms with Crippen molar-refractivity contribution in [2.24, 2.45) is 0 Å². The van der Waals surface area contributed by atoms with Gasteiger partial charge in [0.1, 0.15) is 30.3 Å². The number of rotatable bonds is 5. The SMILES string of the molecule is Cc1cc(Oc2ccc(Cl)cc2)ccc1C(O)C(F)n1cncn1. The molecule has 0 spiro atoms. The third-order valence-electron chi connectivity index (χ3n) is 3.56. The lowest BCUT2D eigenvalue weighted by molar-refractivity contribution is 0.0249. The van der Waals surface area contributed by atoms with E-state index < -0.39 is 12.4 Å². The molecule has 0 aliphatic heterocycles. The fourth-order valence-corrected chi connectivity index (χ4v) is 2.45. The van der Waals surface area contributed by atoms with Crippen LogP contribution in [0.2, 0.25) is 5.02 Å².